The topological polar surface area (TPSA) is 70.5 Å². The Bertz CT molecular complexity index is 724. The van der Waals surface area contributed by atoms with E-state index in [9.17, 15) is 14.7 Å². The summed E-state index contributed by atoms with van der Waals surface area (Å²) in [5.41, 5.74) is 2.42. The molecule has 5 nitrogen and oxygen atoms in total. The molecule has 0 saturated carbocycles. The molecule has 0 saturated heterocycles. The van der Waals surface area contributed by atoms with Crippen LogP contribution >= 0.6 is 0 Å². The lowest BCUT2D eigenvalue weighted by Crippen LogP contribution is -2.35. The molecule has 1 aliphatic heterocycles. The molecule has 0 fully saturated rings. The number of carbonyl (C=O) groups is 2. The quantitative estimate of drug-likeness (QED) is 0.858. The minimum atomic E-state index is -0.967. The maximum atomic E-state index is 11.6. The van der Waals surface area contributed by atoms with Crippen LogP contribution in [-0.4, -0.2) is 33.4 Å². The molecule has 1 aromatic carbocycles. The number of para-hydroxylation sites is 1. The first-order valence-corrected chi connectivity index (χ1v) is 6.47. The molecule has 1 N–H and O–H groups in total. The number of benzene rings is 1. The van der Waals surface area contributed by atoms with Gasteiger partial charge < -0.3 is 10.0 Å². The van der Waals surface area contributed by atoms with Crippen LogP contribution < -0.4 is 0 Å². The molecule has 0 aliphatic carbocycles. The third kappa shape index (κ3) is 1.91. The van der Waals surface area contributed by atoms with E-state index in [4.69, 9.17) is 0 Å². The molecule has 0 radical (unpaired) electrons. The molecular weight excluding hydrogens is 256 g/mol. The van der Waals surface area contributed by atoms with E-state index >= 15 is 0 Å². The van der Waals surface area contributed by atoms with Crippen LogP contribution in [0.25, 0.3) is 10.9 Å². The van der Waals surface area contributed by atoms with Crippen molar-refractivity contribution in [2.45, 2.75) is 19.9 Å². The fourth-order valence-electron chi connectivity index (χ4n) is 2.70. The van der Waals surface area contributed by atoms with Crippen molar-refractivity contribution in [3.05, 3.63) is 41.1 Å². The van der Waals surface area contributed by atoms with Crippen LogP contribution in [0.3, 0.4) is 0 Å². The third-order valence-corrected chi connectivity index (χ3v) is 3.71. The fraction of sp³-hybridized carbons (Fsp3) is 0.267. The lowest BCUT2D eigenvalue weighted by molar-refractivity contribution is -0.129. The van der Waals surface area contributed by atoms with Gasteiger partial charge in [-0.25, -0.2) is 4.79 Å². The Morgan fingerprint density at radius 3 is 2.75 bits per heavy atom. The van der Waals surface area contributed by atoms with Gasteiger partial charge in [-0.15, -0.1) is 0 Å². The predicted molar refractivity (Wildman–Crippen MR) is 73.5 cm³/mol. The van der Waals surface area contributed by atoms with Crippen molar-refractivity contribution in [3.8, 4) is 0 Å². The molecule has 5 heteroatoms. The molecule has 0 spiro atoms. The smallest absolute Gasteiger partial charge is 0.336 e. The van der Waals surface area contributed by atoms with Gasteiger partial charge >= 0.3 is 5.97 Å². The first-order chi connectivity index (χ1) is 9.58. The van der Waals surface area contributed by atoms with Crippen molar-refractivity contribution in [1.29, 1.82) is 0 Å². The highest BCUT2D eigenvalue weighted by atomic mass is 16.4. The molecule has 20 heavy (non-hydrogen) atoms. The highest BCUT2D eigenvalue weighted by molar-refractivity contribution is 6.04. The zero-order chi connectivity index (χ0) is 14.3. The summed E-state index contributed by atoms with van der Waals surface area (Å²) in [6, 6.07) is 7.23. The zero-order valence-corrected chi connectivity index (χ0v) is 11.1. The van der Waals surface area contributed by atoms with Gasteiger partial charge in [-0.05, 0) is 6.07 Å². The van der Waals surface area contributed by atoms with Gasteiger partial charge in [0.25, 0.3) is 0 Å². The Kier molecular flexibility index (Phi) is 2.89. The number of pyridine rings is 1. The minimum absolute atomic E-state index is 0.0415. The molecule has 0 bridgehead atoms. The van der Waals surface area contributed by atoms with Crippen molar-refractivity contribution < 1.29 is 14.7 Å². The van der Waals surface area contributed by atoms with E-state index in [0.717, 1.165) is 5.69 Å². The van der Waals surface area contributed by atoms with Gasteiger partial charge in [0.2, 0.25) is 5.91 Å². The van der Waals surface area contributed by atoms with E-state index in [-0.39, 0.29) is 11.5 Å². The van der Waals surface area contributed by atoms with E-state index in [1.54, 1.807) is 17.0 Å². The van der Waals surface area contributed by atoms with Crippen LogP contribution in [-0.2, 0) is 17.8 Å². The highest BCUT2D eigenvalue weighted by Gasteiger charge is 2.26. The number of hydrogen-bond acceptors (Lipinski definition) is 3. The molecule has 3 rings (SSSR count). The van der Waals surface area contributed by atoms with Gasteiger partial charge in [0, 0.05) is 43.1 Å². The standard InChI is InChI=1S/C15H14N2O3/c1-9(18)17-7-6-13-11(8-17)14(15(19)20)10-4-2-3-5-12(10)16-13/h2-5H,6-8H2,1H3,(H,19,20). The van der Waals surface area contributed by atoms with Gasteiger partial charge in [0.15, 0.2) is 0 Å². The molecule has 1 aliphatic rings. The Labute approximate surface area is 115 Å². The Hall–Kier alpha value is -2.43. The summed E-state index contributed by atoms with van der Waals surface area (Å²) in [4.78, 5) is 29.4. The van der Waals surface area contributed by atoms with Crippen LogP contribution in [0.1, 0.15) is 28.5 Å². The van der Waals surface area contributed by atoms with Gasteiger partial charge in [0.05, 0.1) is 11.1 Å². The second-order valence-electron chi connectivity index (χ2n) is 4.92. The molecule has 0 unspecified atom stereocenters. The van der Waals surface area contributed by atoms with Gasteiger partial charge in [0.1, 0.15) is 0 Å². The highest BCUT2D eigenvalue weighted by Crippen LogP contribution is 2.28. The second-order valence-corrected chi connectivity index (χ2v) is 4.92. The van der Waals surface area contributed by atoms with Gasteiger partial charge in [-0.3, -0.25) is 9.78 Å². The largest absolute Gasteiger partial charge is 0.478 e. The summed E-state index contributed by atoms with van der Waals surface area (Å²) in [7, 11) is 0. The third-order valence-electron chi connectivity index (χ3n) is 3.71. The molecular formula is C15H14N2O3. The lowest BCUT2D eigenvalue weighted by atomic mass is 9.96. The van der Waals surface area contributed by atoms with Crippen LogP contribution in [0.5, 0.6) is 0 Å². The van der Waals surface area contributed by atoms with E-state index in [0.29, 0.717) is 36.0 Å². The first kappa shape index (κ1) is 12.6. The summed E-state index contributed by atoms with van der Waals surface area (Å²) < 4.78 is 0. The Morgan fingerprint density at radius 2 is 2.05 bits per heavy atom. The lowest BCUT2D eigenvalue weighted by Gasteiger charge is -2.28. The van der Waals surface area contributed by atoms with Crippen LogP contribution in [0.4, 0.5) is 0 Å². The molecule has 1 amide bonds. The number of carbonyl (C=O) groups excluding carboxylic acids is 1. The minimum Gasteiger partial charge on any atom is -0.478 e. The molecule has 2 heterocycles. The summed E-state index contributed by atoms with van der Waals surface area (Å²) in [5.74, 6) is -1.01. The van der Waals surface area contributed by atoms with Crippen LogP contribution in [0, 0.1) is 0 Å². The number of aromatic nitrogens is 1. The monoisotopic (exact) mass is 270 g/mol. The second kappa shape index (κ2) is 4.59. The average molecular weight is 270 g/mol. The fourth-order valence-corrected chi connectivity index (χ4v) is 2.70. The molecule has 102 valence electrons. The SMILES string of the molecule is CC(=O)N1CCc2nc3ccccc3c(C(=O)O)c2C1. The molecule has 2 aromatic rings. The van der Waals surface area contributed by atoms with E-state index in [1.807, 2.05) is 12.1 Å². The first-order valence-electron chi connectivity index (χ1n) is 6.47. The van der Waals surface area contributed by atoms with Gasteiger partial charge in [-0.1, -0.05) is 18.2 Å². The van der Waals surface area contributed by atoms with Crippen molar-refractivity contribution in [1.82, 2.24) is 9.88 Å². The number of rotatable bonds is 1. The number of carboxylic acid groups (broad SMARTS) is 1. The van der Waals surface area contributed by atoms with Crippen molar-refractivity contribution in [2.75, 3.05) is 6.54 Å². The predicted octanol–water partition coefficient (Wildman–Crippen LogP) is 1.84. The van der Waals surface area contributed by atoms with E-state index in [1.165, 1.54) is 6.92 Å². The molecule has 0 atom stereocenters. The number of hydrogen-bond donors (Lipinski definition) is 1. The average Bonchev–Trinajstić information content (AvgIpc) is 2.43. The van der Waals surface area contributed by atoms with E-state index < -0.39 is 5.97 Å². The number of nitrogens with zero attached hydrogens (tertiary/aromatic N) is 2. The van der Waals surface area contributed by atoms with Crippen LogP contribution in [0.15, 0.2) is 24.3 Å². The molecule has 1 aromatic heterocycles. The summed E-state index contributed by atoms with van der Waals surface area (Å²) in [5, 5.41) is 10.2. The number of carboxylic acids is 1. The number of fused-ring (bicyclic) bond motifs is 2. The van der Waals surface area contributed by atoms with E-state index in [2.05, 4.69) is 4.98 Å². The maximum Gasteiger partial charge on any atom is 0.336 e. The Balaban J connectivity index is 2.26. The summed E-state index contributed by atoms with van der Waals surface area (Å²) >= 11 is 0. The van der Waals surface area contributed by atoms with Crippen molar-refractivity contribution >= 4 is 22.8 Å². The van der Waals surface area contributed by atoms with Crippen LogP contribution in [0.2, 0.25) is 0 Å². The van der Waals surface area contributed by atoms with Crippen molar-refractivity contribution in [2.24, 2.45) is 0 Å². The summed E-state index contributed by atoms with van der Waals surface area (Å²) in [6.07, 6.45) is 0.597. The zero-order valence-electron chi connectivity index (χ0n) is 11.1. The number of amides is 1. The maximum absolute atomic E-state index is 11.6. The number of aromatic carboxylic acids is 1. The Morgan fingerprint density at radius 1 is 1.30 bits per heavy atom. The summed E-state index contributed by atoms with van der Waals surface area (Å²) in [6.45, 7) is 2.41. The van der Waals surface area contributed by atoms with Gasteiger partial charge in [-0.2, -0.15) is 0 Å². The normalized spacial score (nSPS) is 14.2. The van der Waals surface area contributed by atoms with Crippen molar-refractivity contribution in [3.63, 3.8) is 0 Å².